The van der Waals surface area contributed by atoms with Gasteiger partial charge in [-0.15, -0.1) is 0 Å². The van der Waals surface area contributed by atoms with Crippen molar-refractivity contribution in [2.75, 3.05) is 13.2 Å². The van der Waals surface area contributed by atoms with Crippen molar-refractivity contribution < 1.29 is 27.2 Å². The summed E-state index contributed by atoms with van der Waals surface area (Å²) in [5.74, 6) is 0. The predicted molar refractivity (Wildman–Crippen MR) is 109 cm³/mol. The van der Waals surface area contributed by atoms with Crippen LogP contribution in [0.5, 0.6) is 0 Å². The zero-order valence-corrected chi connectivity index (χ0v) is 17.4. The predicted octanol–water partition coefficient (Wildman–Crippen LogP) is 3.22. The van der Waals surface area contributed by atoms with Crippen LogP contribution in [0.4, 0.5) is 0 Å². The van der Waals surface area contributed by atoms with Crippen molar-refractivity contribution >= 4 is 10.1 Å². The number of benzene rings is 2. The maximum absolute atomic E-state index is 12.8. The fraction of sp³-hybridized carbons (Fsp3) is 0.455. The Balaban J connectivity index is 1.71. The Labute approximate surface area is 172 Å². The van der Waals surface area contributed by atoms with Gasteiger partial charge in [-0.1, -0.05) is 48.0 Å². The highest BCUT2D eigenvalue weighted by Gasteiger charge is 2.29. The molecule has 2 aromatic rings. The number of hydrogen-bond donors (Lipinski definition) is 1. The van der Waals surface area contributed by atoms with E-state index in [4.69, 9.17) is 13.7 Å². The molecule has 1 saturated heterocycles. The summed E-state index contributed by atoms with van der Waals surface area (Å²) in [5, 5.41) is 10.7. The summed E-state index contributed by atoms with van der Waals surface area (Å²) in [7, 11) is -4.03. The minimum absolute atomic E-state index is 0.0601. The lowest BCUT2D eigenvalue weighted by Crippen LogP contribution is -2.38. The molecule has 1 aliphatic heterocycles. The summed E-state index contributed by atoms with van der Waals surface area (Å²) in [6, 6.07) is 15.8. The van der Waals surface area contributed by atoms with Crippen molar-refractivity contribution in [3.8, 4) is 0 Å². The Morgan fingerprint density at radius 2 is 1.83 bits per heavy atom. The third-order valence-corrected chi connectivity index (χ3v) is 6.21. The molecule has 1 heterocycles. The van der Waals surface area contributed by atoms with Crippen molar-refractivity contribution in [1.82, 2.24) is 0 Å². The number of hydrogen-bond acceptors (Lipinski definition) is 6. The van der Waals surface area contributed by atoms with Gasteiger partial charge < -0.3 is 14.6 Å². The van der Waals surface area contributed by atoms with E-state index in [2.05, 4.69) is 0 Å². The molecule has 1 fully saturated rings. The van der Waals surface area contributed by atoms with Crippen molar-refractivity contribution in [2.45, 2.75) is 56.0 Å². The van der Waals surface area contributed by atoms with E-state index in [0.717, 1.165) is 30.4 Å². The van der Waals surface area contributed by atoms with Gasteiger partial charge in [0.05, 0.1) is 11.5 Å². The van der Waals surface area contributed by atoms with Gasteiger partial charge in [0.1, 0.15) is 12.2 Å². The van der Waals surface area contributed by atoms with Crippen LogP contribution in [-0.4, -0.2) is 45.2 Å². The molecule has 3 rings (SSSR count). The van der Waals surface area contributed by atoms with E-state index < -0.39 is 22.3 Å². The van der Waals surface area contributed by atoms with Gasteiger partial charge in [0.25, 0.3) is 10.1 Å². The first-order valence-corrected chi connectivity index (χ1v) is 11.3. The van der Waals surface area contributed by atoms with Crippen LogP contribution >= 0.6 is 0 Å². The van der Waals surface area contributed by atoms with Crippen LogP contribution in [0.25, 0.3) is 0 Å². The molecule has 0 spiro atoms. The third-order valence-electron chi connectivity index (χ3n) is 4.86. The lowest BCUT2D eigenvalue weighted by Gasteiger charge is -2.27. The van der Waals surface area contributed by atoms with Gasteiger partial charge in [0.15, 0.2) is 6.29 Å². The largest absolute Gasteiger partial charge is 0.388 e. The van der Waals surface area contributed by atoms with Crippen LogP contribution < -0.4 is 0 Å². The number of aliphatic hydroxyl groups is 1. The van der Waals surface area contributed by atoms with Crippen LogP contribution in [0.2, 0.25) is 0 Å². The van der Waals surface area contributed by atoms with Gasteiger partial charge in [-0.05, 0) is 43.9 Å². The minimum Gasteiger partial charge on any atom is -0.388 e. The quantitative estimate of drug-likeness (QED) is 0.628. The monoisotopic (exact) mass is 420 g/mol. The van der Waals surface area contributed by atoms with E-state index in [0.29, 0.717) is 6.61 Å². The molecule has 158 valence electrons. The summed E-state index contributed by atoms with van der Waals surface area (Å²) < 4.78 is 42.1. The van der Waals surface area contributed by atoms with Crippen molar-refractivity contribution in [2.24, 2.45) is 0 Å². The third kappa shape index (κ3) is 6.62. The lowest BCUT2D eigenvalue weighted by atomic mass is 10.0. The maximum Gasteiger partial charge on any atom is 0.297 e. The highest BCUT2D eigenvalue weighted by Crippen LogP contribution is 2.21. The topological polar surface area (TPSA) is 82.1 Å². The van der Waals surface area contributed by atoms with Crippen LogP contribution in [0.3, 0.4) is 0 Å². The minimum atomic E-state index is -4.03. The standard InChI is InChI=1S/C22H28O6S/c1-17-10-12-19(13-11-17)29(24,25)28-21(15-18-7-3-2-4-8-18)20(23)16-27-22-9-5-6-14-26-22/h2-4,7-8,10-13,20-23H,5-6,9,14-16H2,1H3. The van der Waals surface area contributed by atoms with Gasteiger partial charge in [0, 0.05) is 13.0 Å². The van der Waals surface area contributed by atoms with Crippen molar-refractivity contribution in [1.29, 1.82) is 0 Å². The van der Waals surface area contributed by atoms with E-state index in [1.165, 1.54) is 12.1 Å². The molecule has 1 aliphatic rings. The zero-order valence-electron chi connectivity index (χ0n) is 16.6. The highest BCUT2D eigenvalue weighted by molar-refractivity contribution is 7.86. The average Bonchev–Trinajstić information content (AvgIpc) is 2.73. The normalized spacial score (nSPS) is 19.6. The van der Waals surface area contributed by atoms with Crippen LogP contribution in [-0.2, 0) is 30.2 Å². The number of aliphatic hydroxyl groups excluding tert-OH is 1. The lowest BCUT2D eigenvalue weighted by molar-refractivity contribution is -0.181. The highest BCUT2D eigenvalue weighted by atomic mass is 32.2. The van der Waals surface area contributed by atoms with Gasteiger partial charge >= 0.3 is 0 Å². The molecule has 3 atom stereocenters. The second-order valence-electron chi connectivity index (χ2n) is 7.29. The molecule has 0 saturated carbocycles. The first-order valence-electron chi connectivity index (χ1n) is 9.89. The fourth-order valence-corrected chi connectivity index (χ4v) is 4.26. The molecule has 1 N–H and O–H groups in total. The molecule has 3 unspecified atom stereocenters. The van der Waals surface area contributed by atoms with E-state index in [-0.39, 0.29) is 24.2 Å². The average molecular weight is 421 g/mol. The van der Waals surface area contributed by atoms with E-state index in [9.17, 15) is 13.5 Å². The molecular weight excluding hydrogens is 392 g/mol. The Morgan fingerprint density at radius 1 is 1.10 bits per heavy atom. The Bertz CT molecular complexity index is 845. The molecule has 7 heteroatoms. The molecule has 0 aromatic heterocycles. The van der Waals surface area contributed by atoms with Crippen LogP contribution in [0.1, 0.15) is 30.4 Å². The smallest absolute Gasteiger partial charge is 0.297 e. The summed E-state index contributed by atoms with van der Waals surface area (Å²) in [6.45, 7) is 2.45. The van der Waals surface area contributed by atoms with Crippen LogP contribution in [0.15, 0.2) is 59.5 Å². The molecular formula is C22H28O6S. The molecule has 6 nitrogen and oxygen atoms in total. The Kier molecular flexibility index (Phi) is 7.80. The SMILES string of the molecule is Cc1ccc(S(=O)(=O)OC(Cc2ccccc2)C(O)COC2CCCCO2)cc1. The number of aryl methyl sites for hydroxylation is 1. The van der Waals surface area contributed by atoms with Gasteiger partial charge in [-0.2, -0.15) is 8.42 Å². The van der Waals surface area contributed by atoms with Crippen molar-refractivity contribution in [3.05, 3.63) is 65.7 Å². The molecule has 29 heavy (non-hydrogen) atoms. The number of ether oxygens (including phenoxy) is 2. The molecule has 0 radical (unpaired) electrons. The van der Waals surface area contributed by atoms with E-state index in [1.807, 2.05) is 37.3 Å². The van der Waals surface area contributed by atoms with Gasteiger partial charge in [-0.25, -0.2) is 0 Å². The van der Waals surface area contributed by atoms with Crippen molar-refractivity contribution in [3.63, 3.8) is 0 Å². The molecule has 0 amide bonds. The summed E-state index contributed by atoms with van der Waals surface area (Å²) in [5.41, 5.74) is 1.82. The molecule has 0 bridgehead atoms. The maximum atomic E-state index is 12.8. The molecule has 0 aliphatic carbocycles. The summed E-state index contributed by atoms with van der Waals surface area (Å²) >= 11 is 0. The summed E-state index contributed by atoms with van der Waals surface area (Å²) in [4.78, 5) is 0.0601. The Morgan fingerprint density at radius 3 is 2.48 bits per heavy atom. The van der Waals surface area contributed by atoms with Gasteiger partial charge in [-0.3, -0.25) is 4.18 Å². The number of rotatable bonds is 9. The molecule has 2 aromatic carbocycles. The fourth-order valence-electron chi connectivity index (χ4n) is 3.16. The Hall–Kier alpha value is -1.77. The first kappa shape index (κ1) is 21.9. The zero-order chi connectivity index (χ0) is 20.7. The summed E-state index contributed by atoms with van der Waals surface area (Å²) in [6.07, 6.45) is 0.530. The second kappa shape index (κ2) is 10.3. The van der Waals surface area contributed by atoms with E-state index >= 15 is 0 Å². The van der Waals surface area contributed by atoms with Gasteiger partial charge in [0.2, 0.25) is 0 Å². The van der Waals surface area contributed by atoms with E-state index in [1.54, 1.807) is 12.1 Å². The van der Waals surface area contributed by atoms with Crippen LogP contribution in [0, 0.1) is 6.92 Å². The second-order valence-corrected chi connectivity index (χ2v) is 8.86. The first-order chi connectivity index (χ1) is 13.9.